The molecule has 5 nitrogen and oxygen atoms in total. The van der Waals surface area contributed by atoms with Crippen molar-refractivity contribution < 1.29 is 19.0 Å². The first-order chi connectivity index (χ1) is 12.1. The van der Waals surface area contributed by atoms with Crippen molar-refractivity contribution in [3.8, 4) is 17.2 Å². The van der Waals surface area contributed by atoms with Crippen molar-refractivity contribution >= 4 is 23.4 Å². The predicted molar refractivity (Wildman–Crippen MR) is 101 cm³/mol. The Morgan fingerprint density at radius 3 is 2.12 bits per heavy atom. The monoisotopic (exact) mass is 359 g/mol. The molecule has 0 saturated carbocycles. The molecule has 0 aromatic heterocycles. The number of carbonyl (C=O) groups excluding carboxylic acids is 1. The number of anilines is 1. The first-order valence-electron chi connectivity index (χ1n) is 7.56. The van der Waals surface area contributed by atoms with Gasteiger partial charge in [-0.2, -0.15) is 0 Å². The molecule has 0 aliphatic rings. The van der Waals surface area contributed by atoms with Crippen molar-refractivity contribution in [2.75, 3.05) is 33.3 Å². The van der Waals surface area contributed by atoms with Crippen LogP contribution in [0.5, 0.6) is 17.2 Å². The average Bonchev–Trinajstić information content (AvgIpc) is 2.66. The van der Waals surface area contributed by atoms with Gasteiger partial charge in [0, 0.05) is 30.2 Å². The summed E-state index contributed by atoms with van der Waals surface area (Å²) >= 11 is 1.49. The summed E-state index contributed by atoms with van der Waals surface area (Å²) in [5.74, 6) is 1.33. The molecule has 25 heavy (non-hydrogen) atoms. The first kappa shape index (κ1) is 18.7. The molecule has 0 bridgehead atoms. The molecule has 6 heteroatoms. The van der Waals surface area contributed by atoms with E-state index in [9.17, 15) is 4.79 Å². The minimum absolute atomic E-state index is 0.155. The van der Waals surface area contributed by atoms with E-state index in [0.717, 1.165) is 4.90 Å². The largest absolute Gasteiger partial charge is 0.493 e. The van der Waals surface area contributed by atoms with Crippen molar-refractivity contribution in [2.45, 2.75) is 4.90 Å². The highest BCUT2D eigenvalue weighted by atomic mass is 32.2. The summed E-state index contributed by atoms with van der Waals surface area (Å²) in [4.78, 5) is 15.0. The minimum atomic E-state index is -0.155. The molecule has 2 rings (SSSR count). The van der Waals surface area contributed by atoms with Crippen molar-refractivity contribution in [2.24, 2.45) is 0 Å². The number of rotatable bonds is 7. The molecule has 2 aromatic carbocycles. The molecular formula is C19H21NO4S. The molecule has 132 valence electrons. The number of carbonyl (C=O) groups is 1. The molecule has 0 fully saturated rings. The number of nitrogens with zero attached hydrogens (tertiary/aromatic N) is 1. The Balaban J connectivity index is 2.16. The van der Waals surface area contributed by atoms with Crippen LogP contribution in [0.1, 0.15) is 0 Å². The maximum Gasteiger partial charge on any atom is 0.251 e. The van der Waals surface area contributed by atoms with Crippen molar-refractivity contribution in [3.05, 3.63) is 53.9 Å². The lowest BCUT2D eigenvalue weighted by atomic mass is 10.2. The number of thioether (sulfide) groups is 1. The number of methoxy groups -OCH3 is 3. The molecule has 2 aromatic rings. The second-order valence-electron chi connectivity index (χ2n) is 5.01. The van der Waals surface area contributed by atoms with E-state index in [1.54, 1.807) is 45.9 Å². The van der Waals surface area contributed by atoms with E-state index in [2.05, 4.69) is 0 Å². The van der Waals surface area contributed by atoms with Crippen molar-refractivity contribution in [3.63, 3.8) is 0 Å². The molecule has 0 heterocycles. The maximum absolute atomic E-state index is 12.4. The van der Waals surface area contributed by atoms with E-state index < -0.39 is 0 Å². The smallest absolute Gasteiger partial charge is 0.251 e. The van der Waals surface area contributed by atoms with Gasteiger partial charge < -0.3 is 19.1 Å². The molecule has 0 atom stereocenters. The van der Waals surface area contributed by atoms with Gasteiger partial charge in [0.25, 0.3) is 5.91 Å². The van der Waals surface area contributed by atoms with E-state index in [1.807, 2.05) is 30.3 Å². The molecular weight excluding hydrogens is 338 g/mol. The molecule has 1 amide bonds. The van der Waals surface area contributed by atoms with Crippen LogP contribution in [0.15, 0.2) is 58.8 Å². The molecule has 0 spiro atoms. The van der Waals surface area contributed by atoms with Gasteiger partial charge in [0.05, 0.1) is 27.0 Å². The van der Waals surface area contributed by atoms with Crippen LogP contribution in [-0.2, 0) is 4.79 Å². The highest BCUT2D eigenvalue weighted by Gasteiger charge is 2.17. The Bertz CT molecular complexity index is 721. The fourth-order valence-corrected chi connectivity index (χ4v) is 2.83. The Hall–Kier alpha value is -2.60. The van der Waals surface area contributed by atoms with E-state index in [1.165, 1.54) is 22.7 Å². The summed E-state index contributed by atoms with van der Waals surface area (Å²) < 4.78 is 15.9. The highest BCUT2D eigenvalue weighted by molar-refractivity contribution is 8.02. The van der Waals surface area contributed by atoms with Gasteiger partial charge in [-0.25, -0.2) is 0 Å². The summed E-state index contributed by atoms with van der Waals surface area (Å²) in [5.41, 5.74) is 0.647. The third-order valence-corrected chi connectivity index (χ3v) is 4.34. The van der Waals surface area contributed by atoms with Crippen LogP contribution in [0.2, 0.25) is 0 Å². The fraction of sp³-hybridized carbons (Fsp3) is 0.211. The highest BCUT2D eigenvalue weighted by Crippen LogP contribution is 2.40. The average molecular weight is 359 g/mol. The molecule has 0 aliphatic carbocycles. The number of hydrogen-bond acceptors (Lipinski definition) is 5. The summed E-state index contributed by atoms with van der Waals surface area (Å²) in [6, 6.07) is 13.3. The first-order valence-corrected chi connectivity index (χ1v) is 8.44. The topological polar surface area (TPSA) is 48.0 Å². The summed E-state index contributed by atoms with van der Waals surface area (Å²) in [6.07, 6.45) is 1.53. The van der Waals surface area contributed by atoms with Crippen LogP contribution in [0.3, 0.4) is 0 Å². The van der Waals surface area contributed by atoms with Gasteiger partial charge in [-0.3, -0.25) is 4.79 Å². The number of ether oxygens (including phenoxy) is 3. The number of amides is 1. The Morgan fingerprint density at radius 1 is 1.00 bits per heavy atom. The van der Waals surface area contributed by atoms with E-state index in [4.69, 9.17) is 14.2 Å². The van der Waals surface area contributed by atoms with Crippen LogP contribution < -0.4 is 19.1 Å². The Kier molecular flexibility index (Phi) is 6.77. The van der Waals surface area contributed by atoms with Gasteiger partial charge in [-0.05, 0) is 17.5 Å². The van der Waals surface area contributed by atoms with Gasteiger partial charge in [0.2, 0.25) is 5.75 Å². The summed E-state index contributed by atoms with van der Waals surface area (Å²) in [5, 5.41) is 1.77. The number of hydrogen-bond donors (Lipinski definition) is 0. The van der Waals surface area contributed by atoms with Crippen LogP contribution in [0.4, 0.5) is 5.69 Å². The standard InChI is InChI=1S/C19H21NO4S/c1-20(18(21)10-11-25-15-8-6-5-7-9-15)14-12-16(22-2)19(24-4)17(13-14)23-3/h5-13H,1-4H3/b11-10-. The van der Waals surface area contributed by atoms with Crippen LogP contribution in [-0.4, -0.2) is 34.3 Å². The normalized spacial score (nSPS) is 10.6. The van der Waals surface area contributed by atoms with E-state index >= 15 is 0 Å². The van der Waals surface area contributed by atoms with Gasteiger partial charge in [0.1, 0.15) is 0 Å². The lowest BCUT2D eigenvalue weighted by Crippen LogP contribution is -2.24. The lowest BCUT2D eigenvalue weighted by Gasteiger charge is -2.19. The Labute approximate surface area is 152 Å². The van der Waals surface area contributed by atoms with E-state index in [-0.39, 0.29) is 5.91 Å². The zero-order valence-electron chi connectivity index (χ0n) is 14.7. The summed E-state index contributed by atoms with van der Waals surface area (Å²) in [6.45, 7) is 0. The zero-order chi connectivity index (χ0) is 18.2. The van der Waals surface area contributed by atoms with Crippen LogP contribution >= 0.6 is 11.8 Å². The molecule has 0 N–H and O–H groups in total. The molecule has 0 aliphatic heterocycles. The lowest BCUT2D eigenvalue weighted by molar-refractivity contribution is -0.113. The third-order valence-electron chi connectivity index (χ3n) is 3.53. The van der Waals surface area contributed by atoms with E-state index in [0.29, 0.717) is 22.9 Å². The van der Waals surface area contributed by atoms with Crippen LogP contribution in [0.25, 0.3) is 0 Å². The van der Waals surface area contributed by atoms with Crippen molar-refractivity contribution in [1.29, 1.82) is 0 Å². The third kappa shape index (κ3) is 4.70. The number of likely N-dealkylation sites (N-methyl/N-ethyl adjacent to an activating group) is 1. The van der Waals surface area contributed by atoms with Gasteiger partial charge in [0.15, 0.2) is 11.5 Å². The van der Waals surface area contributed by atoms with Gasteiger partial charge in [-0.1, -0.05) is 30.0 Å². The quantitative estimate of drug-likeness (QED) is 0.553. The fourth-order valence-electron chi connectivity index (χ4n) is 2.17. The predicted octanol–water partition coefficient (Wildman–Crippen LogP) is 3.98. The zero-order valence-corrected chi connectivity index (χ0v) is 15.5. The SMILES string of the molecule is COc1cc(N(C)C(=O)/C=C\Sc2ccccc2)cc(OC)c1OC. The van der Waals surface area contributed by atoms with Crippen LogP contribution in [0, 0.1) is 0 Å². The van der Waals surface area contributed by atoms with Crippen molar-refractivity contribution in [1.82, 2.24) is 0 Å². The Morgan fingerprint density at radius 2 is 1.60 bits per heavy atom. The maximum atomic E-state index is 12.4. The molecule has 0 radical (unpaired) electrons. The minimum Gasteiger partial charge on any atom is -0.493 e. The van der Waals surface area contributed by atoms with Gasteiger partial charge in [-0.15, -0.1) is 0 Å². The van der Waals surface area contributed by atoms with Gasteiger partial charge >= 0.3 is 0 Å². The number of benzene rings is 2. The second-order valence-corrected chi connectivity index (χ2v) is 5.99. The molecule has 0 unspecified atom stereocenters. The second kappa shape index (κ2) is 9.03. The molecule has 0 saturated heterocycles. The summed E-state index contributed by atoms with van der Waals surface area (Å²) in [7, 11) is 6.32.